The quantitative estimate of drug-likeness (QED) is 0.685. The summed E-state index contributed by atoms with van der Waals surface area (Å²) >= 11 is 0. The van der Waals surface area contributed by atoms with Gasteiger partial charge in [-0.15, -0.1) is 0 Å². The van der Waals surface area contributed by atoms with Gasteiger partial charge in [0.2, 0.25) is 11.8 Å². The molecule has 5 nitrogen and oxygen atoms in total. The van der Waals surface area contributed by atoms with Gasteiger partial charge in [0.15, 0.2) is 0 Å². The second-order valence-electron chi connectivity index (χ2n) is 6.01. The molecule has 0 bridgehead atoms. The summed E-state index contributed by atoms with van der Waals surface area (Å²) < 4.78 is 0. The van der Waals surface area contributed by atoms with Crippen molar-refractivity contribution < 1.29 is 9.59 Å². The predicted octanol–water partition coefficient (Wildman–Crippen LogP) is 0.997. The van der Waals surface area contributed by atoms with Crippen molar-refractivity contribution in [2.75, 3.05) is 33.7 Å². The van der Waals surface area contributed by atoms with Crippen LogP contribution in [-0.2, 0) is 9.59 Å². The molecule has 0 aromatic carbocycles. The van der Waals surface area contributed by atoms with E-state index in [1.54, 1.807) is 19.0 Å². The number of hydrogen-bond donors (Lipinski definition) is 2. The Hall–Kier alpha value is -1.10. The third-order valence-corrected chi connectivity index (χ3v) is 4.08. The third-order valence-electron chi connectivity index (χ3n) is 4.08. The second-order valence-corrected chi connectivity index (χ2v) is 6.01. The van der Waals surface area contributed by atoms with Crippen molar-refractivity contribution in [1.82, 2.24) is 15.5 Å². The van der Waals surface area contributed by atoms with Gasteiger partial charge in [-0.25, -0.2) is 0 Å². The normalized spacial score (nSPS) is 17.6. The molecule has 116 valence electrons. The number of nitrogens with zero attached hydrogens (tertiary/aromatic N) is 1. The fourth-order valence-corrected chi connectivity index (χ4v) is 2.64. The van der Waals surface area contributed by atoms with Gasteiger partial charge in [-0.3, -0.25) is 9.59 Å². The molecule has 0 aliphatic carbocycles. The van der Waals surface area contributed by atoms with Gasteiger partial charge in [-0.1, -0.05) is 6.92 Å². The predicted molar refractivity (Wildman–Crippen MR) is 80.3 cm³/mol. The van der Waals surface area contributed by atoms with E-state index in [2.05, 4.69) is 17.6 Å². The topological polar surface area (TPSA) is 61.4 Å². The Labute approximate surface area is 122 Å². The SMILES string of the molecule is CC(CC(=O)NCCCC(=O)N(C)C)C1CCNCC1. The lowest BCUT2D eigenvalue weighted by atomic mass is 9.84. The van der Waals surface area contributed by atoms with E-state index in [1.165, 1.54) is 12.8 Å². The Balaban J connectivity index is 2.11. The molecule has 1 atom stereocenters. The summed E-state index contributed by atoms with van der Waals surface area (Å²) in [5, 5.41) is 6.27. The fraction of sp³-hybridized carbons (Fsp3) is 0.867. The summed E-state index contributed by atoms with van der Waals surface area (Å²) in [6.07, 6.45) is 4.16. The maximum absolute atomic E-state index is 11.9. The number of amides is 2. The molecule has 1 aliphatic rings. The minimum atomic E-state index is 0.113. The molecule has 1 heterocycles. The summed E-state index contributed by atoms with van der Waals surface area (Å²) in [5.74, 6) is 1.34. The standard InChI is InChI=1S/C15H29N3O2/c1-12(13-6-9-16-10-7-13)11-14(19)17-8-4-5-15(20)18(2)3/h12-13,16H,4-11H2,1-3H3,(H,17,19). The number of carbonyl (C=O) groups is 2. The maximum Gasteiger partial charge on any atom is 0.222 e. The van der Waals surface area contributed by atoms with E-state index < -0.39 is 0 Å². The average molecular weight is 283 g/mol. The van der Waals surface area contributed by atoms with Crippen LogP contribution in [0.1, 0.15) is 39.0 Å². The molecule has 0 aromatic rings. The Morgan fingerprint density at radius 2 is 1.95 bits per heavy atom. The molecule has 1 unspecified atom stereocenters. The van der Waals surface area contributed by atoms with Crippen LogP contribution in [0.3, 0.4) is 0 Å². The Kier molecular flexibility index (Phi) is 7.59. The zero-order chi connectivity index (χ0) is 15.0. The number of rotatable bonds is 7. The average Bonchev–Trinajstić information content (AvgIpc) is 2.44. The van der Waals surface area contributed by atoms with Crippen molar-refractivity contribution >= 4 is 11.8 Å². The monoisotopic (exact) mass is 283 g/mol. The molecule has 1 saturated heterocycles. The van der Waals surface area contributed by atoms with E-state index >= 15 is 0 Å². The molecule has 0 spiro atoms. The first kappa shape index (κ1) is 17.0. The van der Waals surface area contributed by atoms with Gasteiger partial charge in [0, 0.05) is 33.5 Å². The highest BCUT2D eigenvalue weighted by molar-refractivity contribution is 5.77. The number of piperidine rings is 1. The lowest BCUT2D eigenvalue weighted by molar-refractivity contribution is -0.129. The van der Waals surface area contributed by atoms with E-state index in [0.717, 1.165) is 13.1 Å². The highest BCUT2D eigenvalue weighted by Crippen LogP contribution is 2.23. The first-order valence-corrected chi connectivity index (χ1v) is 7.68. The Morgan fingerprint density at radius 1 is 1.30 bits per heavy atom. The van der Waals surface area contributed by atoms with Crippen LogP contribution in [0.25, 0.3) is 0 Å². The van der Waals surface area contributed by atoms with Gasteiger partial charge < -0.3 is 15.5 Å². The molecule has 1 fully saturated rings. The second kappa shape index (κ2) is 8.95. The van der Waals surface area contributed by atoms with Gasteiger partial charge in [0.25, 0.3) is 0 Å². The minimum absolute atomic E-state index is 0.113. The first-order chi connectivity index (χ1) is 9.50. The molecule has 0 radical (unpaired) electrons. The zero-order valence-corrected chi connectivity index (χ0v) is 13.1. The molecule has 1 rings (SSSR count). The highest BCUT2D eigenvalue weighted by atomic mass is 16.2. The fourth-order valence-electron chi connectivity index (χ4n) is 2.64. The molecule has 2 amide bonds. The van der Waals surface area contributed by atoms with Crippen LogP contribution in [0.4, 0.5) is 0 Å². The van der Waals surface area contributed by atoms with Crippen LogP contribution in [0.15, 0.2) is 0 Å². The lowest BCUT2D eigenvalue weighted by Gasteiger charge is -2.27. The van der Waals surface area contributed by atoms with Crippen LogP contribution in [0, 0.1) is 11.8 Å². The van der Waals surface area contributed by atoms with Crippen molar-refractivity contribution in [2.24, 2.45) is 11.8 Å². The molecule has 5 heteroatoms. The summed E-state index contributed by atoms with van der Waals surface area (Å²) in [5.41, 5.74) is 0. The third kappa shape index (κ3) is 6.37. The van der Waals surface area contributed by atoms with Gasteiger partial charge in [-0.2, -0.15) is 0 Å². The van der Waals surface area contributed by atoms with Crippen molar-refractivity contribution in [1.29, 1.82) is 0 Å². The molecule has 20 heavy (non-hydrogen) atoms. The first-order valence-electron chi connectivity index (χ1n) is 7.68. The number of carbonyl (C=O) groups excluding carboxylic acids is 2. The largest absolute Gasteiger partial charge is 0.356 e. The lowest BCUT2D eigenvalue weighted by Crippen LogP contribution is -2.34. The number of hydrogen-bond acceptors (Lipinski definition) is 3. The van der Waals surface area contributed by atoms with Crippen LogP contribution >= 0.6 is 0 Å². The number of nitrogens with one attached hydrogen (secondary N) is 2. The maximum atomic E-state index is 11.9. The van der Waals surface area contributed by atoms with Crippen LogP contribution in [0.2, 0.25) is 0 Å². The van der Waals surface area contributed by atoms with E-state index in [4.69, 9.17) is 0 Å². The van der Waals surface area contributed by atoms with Gasteiger partial charge in [-0.05, 0) is 44.2 Å². The minimum Gasteiger partial charge on any atom is -0.356 e. The van der Waals surface area contributed by atoms with Gasteiger partial charge in [0.1, 0.15) is 0 Å². The van der Waals surface area contributed by atoms with E-state index in [0.29, 0.717) is 37.6 Å². The Bertz CT molecular complexity index is 312. The summed E-state index contributed by atoms with van der Waals surface area (Å²) in [4.78, 5) is 24.8. The van der Waals surface area contributed by atoms with E-state index in [1.807, 2.05) is 0 Å². The van der Waals surface area contributed by atoms with Crippen LogP contribution in [-0.4, -0.2) is 50.4 Å². The summed E-state index contributed by atoms with van der Waals surface area (Å²) in [7, 11) is 3.50. The van der Waals surface area contributed by atoms with Crippen molar-refractivity contribution in [3.05, 3.63) is 0 Å². The molecule has 2 N–H and O–H groups in total. The summed E-state index contributed by atoms with van der Waals surface area (Å²) in [6.45, 7) is 4.91. The van der Waals surface area contributed by atoms with Gasteiger partial charge in [0.05, 0.1) is 0 Å². The van der Waals surface area contributed by atoms with Crippen molar-refractivity contribution in [3.8, 4) is 0 Å². The smallest absolute Gasteiger partial charge is 0.222 e. The van der Waals surface area contributed by atoms with E-state index in [-0.39, 0.29) is 11.8 Å². The molecule has 1 aliphatic heterocycles. The molecular formula is C15H29N3O2. The molecule has 0 saturated carbocycles. The highest BCUT2D eigenvalue weighted by Gasteiger charge is 2.21. The van der Waals surface area contributed by atoms with Gasteiger partial charge >= 0.3 is 0 Å². The molecule has 0 aromatic heterocycles. The van der Waals surface area contributed by atoms with E-state index in [9.17, 15) is 9.59 Å². The van der Waals surface area contributed by atoms with Crippen LogP contribution in [0.5, 0.6) is 0 Å². The van der Waals surface area contributed by atoms with Crippen molar-refractivity contribution in [2.45, 2.75) is 39.0 Å². The molecular weight excluding hydrogens is 254 g/mol. The Morgan fingerprint density at radius 3 is 2.55 bits per heavy atom. The van der Waals surface area contributed by atoms with Crippen molar-refractivity contribution in [3.63, 3.8) is 0 Å². The van der Waals surface area contributed by atoms with Crippen LogP contribution < -0.4 is 10.6 Å². The zero-order valence-electron chi connectivity index (χ0n) is 13.1. The summed E-state index contributed by atoms with van der Waals surface area (Å²) in [6, 6.07) is 0.